The Labute approximate surface area is 120 Å². The number of benzene rings is 1. The first-order valence-electron chi connectivity index (χ1n) is 6.70. The highest BCUT2D eigenvalue weighted by atomic mass is 16.4. The quantitative estimate of drug-likeness (QED) is 0.863. The standard InChI is InChI=1S/C16H22N2O2/c1-11-5-6-14(12(7-11)9-17)18-10-13(15(19)20)8-16(2,3)4/h5-7,13,18H,8,10H2,1-4H3,(H,19,20). The van der Waals surface area contributed by atoms with E-state index in [-0.39, 0.29) is 5.41 Å². The Hall–Kier alpha value is -2.02. The van der Waals surface area contributed by atoms with Crippen LogP contribution in [0.4, 0.5) is 5.69 Å². The molecule has 0 amide bonds. The van der Waals surface area contributed by atoms with Crippen LogP contribution in [-0.2, 0) is 4.79 Å². The number of hydrogen-bond acceptors (Lipinski definition) is 3. The van der Waals surface area contributed by atoms with Crippen molar-refractivity contribution in [3.05, 3.63) is 29.3 Å². The second-order valence-corrected chi connectivity index (χ2v) is 6.34. The van der Waals surface area contributed by atoms with Crippen molar-refractivity contribution in [2.45, 2.75) is 34.1 Å². The number of aryl methyl sites for hydroxylation is 1. The van der Waals surface area contributed by atoms with Gasteiger partial charge < -0.3 is 10.4 Å². The van der Waals surface area contributed by atoms with Crippen LogP contribution in [0.25, 0.3) is 0 Å². The number of nitriles is 1. The summed E-state index contributed by atoms with van der Waals surface area (Å²) in [6.45, 7) is 8.31. The van der Waals surface area contributed by atoms with E-state index >= 15 is 0 Å². The molecule has 0 saturated carbocycles. The molecule has 0 bridgehead atoms. The molecule has 1 atom stereocenters. The number of carbonyl (C=O) groups is 1. The molecule has 0 aliphatic carbocycles. The van der Waals surface area contributed by atoms with E-state index in [0.29, 0.717) is 24.2 Å². The van der Waals surface area contributed by atoms with Crippen molar-refractivity contribution in [3.8, 4) is 6.07 Å². The lowest BCUT2D eigenvalue weighted by Gasteiger charge is -2.24. The number of aliphatic carboxylic acids is 1. The summed E-state index contributed by atoms with van der Waals surface area (Å²) >= 11 is 0. The van der Waals surface area contributed by atoms with Crippen molar-refractivity contribution in [3.63, 3.8) is 0 Å². The van der Waals surface area contributed by atoms with Gasteiger partial charge in [0.2, 0.25) is 0 Å². The molecule has 20 heavy (non-hydrogen) atoms. The minimum Gasteiger partial charge on any atom is -0.481 e. The topological polar surface area (TPSA) is 73.1 Å². The van der Waals surface area contributed by atoms with Gasteiger partial charge in [0.15, 0.2) is 0 Å². The zero-order valence-electron chi connectivity index (χ0n) is 12.5. The number of rotatable bonds is 5. The summed E-state index contributed by atoms with van der Waals surface area (Å²) in [6, 6.07) is 7.65. The highest BCUT2D eigenvalue weighted by Crippen LogP contribution is 2.25. The van der Waals surface area contributed by atoms with Crippen molar-refractivity contribution in [1.82, 2.24) is 0 Å². The molecule has 0 saturated heterocycles. The molecule has 0 aliphatic rings. The summed E-state index contributed by atoms with van der Waals surface area (Å²) < 4.78 is 0. The third kappa shape index (κ3) is 4.93. The van der Waals surface area contributed by atoms with Crippen molar-refractivity contribution in [2.75, 3.05) is 11.9 Å². The molecule has 1 aromatic rings. The average molecular weight is 274 g/mol. The summed E-state index contributed by atoms with van der Waals surface area (Å²) in [4.78, 5) is 11.3. The van der Waals surface area contributed by atoms with Crippen molar-refractivity contribution >= 4 is 11.7 Å². The van der Waals surface area contributed by atoms with E-state index in [2.05, 4.69) is 11.4 Å². The average Bonchev–Trinajstić information content (AvgIpc) is 2.33. The Morgan fingerprint density at radius 2 is 2.10 bits per heavy atom. The van der Waals surface area contributed by atoms with Crippen molar-refractivity contribution < 1.29 is 9.90 Å². The number of carboxylic acids is 1. The fraction of sp³-hybridized carbons (Fsp3) is 0.500. The molecule has 0 heterocycles. The van der Waals surface area contributed by atoms with E-state index in [1.165, 1.54) is 0 Å². The zero-order chi connectivity index (χ0) is 15.3. The minimum absolute atomic E-state index is 0.0456. The summed E-state index contributed by atoms with van der Waals surface area (Å²) in [5.74, 6) is -1.28. The maximum Gasteiger partial charge on any atom is 0.308 e. The molecule has 0 aromatic heterocycles. The number of anilines is 1. The minimum atomic E-state index is -0.807. The smallest absolute Gasteiger partial charge is 0.308 e. The van der Waals surface area contributed by atoms with Gasteiger partial charge >= 0.3 is 5.97 Å². The predicted molar refractivity (Wildman–Crippen MR) is 79.6 cm³/mol. The number of hydrogen-bond donors (Lipinski definition) is 2. The van der Waals surface area contributed by atoms with Crippen LogP contribution in [0.1, 0.15) is 38.3 Å². The van der Waals surface area contributed by atoms with Crippen molar-refractivity contribution in [1.29, 1.82) is 5.26 Å². The Morgan fingerprint density at radius 1 is 1.45 bits per heavy atom. The molecule has 0 fully saturated rings. The third-order valence-electron chi connectivity index (χ3n) is 3.04. The Kier molecular flexibility index (Phi) is 5.15. The monoisotopic (exact) mass is 274 g/mol. The van der Waals surface area contributed by atoms with Gasteiger partial charge in [-0.25, -0.2) is 0 Å². The third-order valence-corrected chi connectivity index (χ3v) is 3.04. The van der Waals surface area contributed by atoms with E-state index in [0.717, 1.165) is 5.56 Å². The molecule has 4 heteroatoms. The van der Waals surface area contributed by atoms with Gasteiger partial charge in [-0.15, -0.1) is 0 Å². The second-order valence-electron chi connectivity index (χ2n) is 6.34. The molecule has 1 aromatic carbocycles. The molecule has 0 aliphatic heterocycles. The highest BCUT2D eigenvalue weighted by molar-refractivity contribution is 5.71. The van der Waals surface area contributed by atoms with E-state index in [1.807, 2.05) is 39.8 Å². The molecule has 0 spiro atoms. The Balaban J connectivity index is 2.78. The molecule has 1 rings (SSSR count). The molecule has 4 nitrogen and oxygen atoms in total. The molecule has 0 radical (unpaired) electrons. The van der Waals surface area contributed by atoms with Crippen LogP contribution in [-0.4, -0.2) is 17.6 Å². The van der Waals surface area contributed by atoms with Crippen LogP contribution < -0.4 is 5.32 Å². The highest BCUT2D eigenvalue weighted by Gasteiger charge is 2.24. The van der Waals surface area contributed by atoms with Gasteiger partial charge in [-0.3, -0.25) is 4.79 Å². The van der Waals surface area contributed by atoms with E-state index < -0.39 is 11.9 Å². The Morgan fingerprint density at radius 3 is 2.60 bits per heavy atom. The van der Waals surface area contributed by atoms with Crippen LogP contribution in [0.2, 0.25) is 0 Å². The second kappa shape index (κ2) is 6.42. The van der Waals surface area contributed by atoms with Crippen LogP contribution in [0.15, 0.2) is 18.2 Å². The largest absolute Gasteiger partial charge is 0.481 e. The first kappa shape index (κ1) is 16.0. The van der Waals surface area contributed by atoms with Crippen LogP contribution >= 0.6 is 0 Å². The Bertz CT molecular complexity index is 524. The molecular weight excluding hydrogens is 252 g/mol. The van der Waals surface area contributed by atoms with Gasteiger partial charge in [0.1, 0.15) is 6.07 Å². The van der Waals surface area contributed by atoms with E-state index in [9.17, 15) is 9.90 Å². The van der Waals surface area contributed by atoms with Gasteiger partial charge in [-0.1, -0.05) is 26.8 Å². The van der Waals surface area contributed by atoms with Crippen molar-refractivity contribution in [2.24, 2.45) is 11.3 Å². The van der Waals surface area contributed by atoms with Crippen LogP contribution in [0, 0.1) is 29.6 Å². The fourth-order valence-electron chi connectivity index (χ4n) is 2.12. The molecule has 1 unspecified atom stereocenters. The molecule has 108 valence electrons. The fourth-order valence-corrected chi connectivity index (χ4v) is 2.12. The summed E-state index contributed by atoms with van der Waals surface area (Å²) in [5, 5.41) is 21.5. The lowest BCUT2D eigenvalue weighted by molar-refractivity contribution is -0.142. The lowest BCUT2D eigenvalue weighted by atomic mass is 9.84. The van der Waals surface area contributed by atoms with Gasteiger partial charge in [-0.2, -0.15) is 5.26 Å². The van der Waals surface area contributed by atoms with Gasteiger partial charge in [0, 0.05) is 6.54 Å². The first-order chi connectivity index (χ1) is 9.23. The zero-order valence-corrected chi connectivity index (χ0v) is 12.5. The maximum atomic E-state index is 11.3. The number of nitrogens with zero attached hydrogens (tertiary/aromatic N) is 1. The van der Waals surface area contributed by atoms with Gasteiger partial charge in [-0.05, 0) is 36.5 Å². The normalized spacial score (nSPS) is 12.6. The van der Waals surface area contributed by atoms with Gasteiger partial charge in [0.25, 0.3) is 0 Å². The first-order valence-corrected chi connectivity index (χ1v) is 6.70. The lowest BCUT2D eigenvalue weighted by Crippen LogP contribution is -2.27. The number of carboxylic acid groups (broad SMARTS) is 1. The maximum absolute atomic E-state index is 11.3. The molecular formula is C16H22N2O2. The summed E-state index contributed by atoms with van der Waals surface area (Å²) in [6.07, 6.45) is 0.586. The van der Waals surface area contributed by atoms with Crippen LogP contribution in [0.3, 0.4) is 0 Å². The van der Waals surface area contributed by atoms with E-state index in [1.54, 1.807) is 6.07 Å². The summed E-state index contributed by atoms with van der Waals surface area (Å²) in [5.41, 5.74) is 2.20. The molecule has 2 N–H and O–H groups in total. The van der Waals surface area contributed by atoms with Gasteiger partial charge in [0.05, 0.1) is 17.2 Å². The predicted octanol–water partition coefficient (Wildman–Crippen LogP) is 3.42. The summed E-state index contributed by atoms with van der Waals surface area (Å²) in [7, 11) is 0. The number of nitrogens with one attached hydrogen (secondary N) is 1. The van der Waals surface area contributed by atoms with Crippen LogP contribution in [0.5, 0.6) is 0 Å². The SMILES string of the molecule is Cc1ccc(NCC(CC(C)(C)C)C(=O)O)c(C#N)c1. The van der Waals surface area contributed by atoms with E-state index in [4.69, 9.17) is 5.26 Å².